The van der Waals surface area contributed by atoms with E-state index >= 15 is 0 Å². The number of aryl methyl sites for hydroxylation is 1. The first-order valence-electron chi connectivity index (χ1n) is 5.16. The predicted molar refractivity (Wildman–Crippen MR) is 51.9 cm³/mol. The van der Waals surface area contributed by atoms with Crippen LogP contribution in [0, 0.1) is 12.8 Å². The van der Waals surface area contributed by atoms with Gasteiger partial charge in [-0.2, -0.15) is 0 Å². The second kappa shape index (κ2) is 3.10. The fraction of sp³-hybridized carbons (Fsp3) is 0.545. The van der Waals surface area contributed by atoms with Crippen LogP contribution in [0.3, 0.4) is 0 Å². The van der Waals surface area contributed by atoms with Crippen molar-refractivity contribution in [2.24, 2.45) is 5.92 Å². The molecule has 0 spiro atoms. The lowest BCUT2D eigenvalue weighted by Crippen LogP contribution is -2.32. The minimum atomic E-state index is -0.268. The normalized spacial score (nSPS) is 28.1. The molecule has 4 nitrogen and oxygen atoms in total. The standard InChI is InChI=1S/C11H12O4/c1-6-4-9-8(10(12)14-6)5-7-2-3-13-11(7)15-9/h4,7,11H,2-3,5H2,1H3/t7-,11+/m1/s1. The van der Waals surface area contributed by atoms with Gasteiger partial charge in [0.1, 0.15) is 11.5 Å². The van der Waals surface area contributed by atoms with Gasteiger partial charge in [0.25, 0.3) is 0 Å². The van der Waals surface area contributed by atoms with Gasteiger partial charge >= 0.3 is 5.63 Å². The summed E-state index contributed by atoms with van der Waals surface area (Å²) in [6.45, 7) is 2.46. The molecule has 0 unspecified atom stereocenters. The van der Waals surface area contributed by atoms with Gasteiger partial charge in [-0.1, -0.05) is 0 Å². The van der Waals surface area contributed by atoms with Crippen molar-refractivity contribution in [2.75, 3.05) is 6.61 Å². The molecule has 0 bridgehead atoms. The Labute approximate surface area is 86.8 Å². The molecule has 0 aromatic carbocycles. The van der Waals surface area contributed by atoms with Crippen molar-refractivity contribution in [1.82, 2.24) is 0 Å². The smallest absolute Gasteiger partial charge is 0.342 e. The van der Waals surface area contributed by atoms with Crippen LogP contribution >= 0.6 is 0 Å². The third-order valence-electron chi connectivity index (χ3n) is 3.00. The first kappa shape index (κ1) is 8.97. The van der Waals surface area contributed by atoms with Crippen molar-refractivity contribution in [1.29, 1.82) is 0 Å². The molecular weight excluding hydrogens is 196 g/mol. The molecular formula is C11H12O4. The van der Waals surface area contributed by atoms with Crippen LogP contribution in [0.4, 0.5) is 0 Å². The van der Waals surface area contributed by atoms with Crippen molar-refractivity contribution >= 4 is 0 Å². The summed E-state index contributed by atoms with van der Waals surface area (Å²) < 4.78 is 16.1. The molecule has 15 heavy (non-hydrogen) atoms. The molecule has 0 radical (unpaired) electrons. The number of hydrogen-bond donors (Lipinski definition) is 0. The van der Waals surface area contributed by atoms with Gasteiger partial charge in [0.15, 0.2) is 0 Å². The topological polar surface area (TPSA) is 48.7 Å². The Kier molecular flexibility index (Phi) is 1.85. The summed E-state index contributed by atoms with van der Waals surface area (Å²) in [5, 5.41) is 0. The summed E-state index contributed by atoms with van der Waals surface area (Å²) in [6.07, 6.45) is 1.50. The molecule has 0 N–H and O–H groups in total. The van der Waals surface area contributed by atoms with E-state index in [1.807, 2.05) is 0 Å². The first-order chi connectivity index (χ1) is 7.24. The Morgan fingerprint density at radius 3 is 3.20 bits per heavy atom. The second-order valence-electron chi connectivity index (χ2n) is 4.10. The van der Waals surface area contributed by atoms with Gasteiger partial charge in [-0.3, -0.25) is 0 Å². The SMILES string of the molecule is Cc1cc2c(c(=O)o1)C[C@H]1CCO[C@H]1O2. The average Bonchev–Trinajstić information content (AvgIpc) is 2.61. The van der Waals surface area contributed by atoms with E-state index in [9.17, 15) is 4.79 Å². The summed E-state index contributed by atoms with van der Waals surface area (Å²) >= 11 is 0. The molecule has 0 aliphatic carbocycles. The van der Waals surface area contributed by atoms with Gasteiger partial charge in [0, 0.05) is 12.0 Å². The van der Waals surface area contributed by atoms with Crippen LogP contribution in [0.15, 0.2) is 15.3 Å². The zero-order valence-electron chi connectivity index (χ0n) is 8.49. The molecule has 3 heterocycles. The summed E-state index contributed by atoms with van der Waals surface area (Å²) in [7, 11) is 0. The fourth-order valence-electron chi connectivity index (χ4n) is 2.22. The summed E-state index contributed by atoms with van der Waals surface area (Å²) in [5.41, 5.74) is 0.391. The zero-order valence-corrected chi connectivity index (χ0v) is 8.49. The Morgan fingerprint density at radius 1 is 1.47 bits per heavy atom. The zero-order chi connectivity index (χ0) is 10.4. The average molecular weight is 208 g/mol. The van der Waals surface area contributed by atoms with Crippen LogP contribution in [-0.2, 0) is 11.2 Å². The maximum atomic E-state index is 11.6. The molecule has 80 valence electrons. The van der Waals surface area contributed by atoms with Crippen LogP contribution < -0.4 is 10.4 Å². The van der Waals surface area contributed by atoms with Gasteiger partial charge < -0.3 is 13.9 Å². The summed E-state index contributed by atoms with van der Waals surface area (Å²) in [6, 6.07) is 1.76. The predicted octanol–water partition coefficient (Wildman–Crippen LogP) is 1.25. The van der Waals surface area contributed by atoms with Gasteiger partial charge in [-0.15, -0.1) is 0 Å². The quantitative estimate of drug-likeness (QED) is 0.643. The van der Waals surface area contributed by atoms with E-state index in [1.165, 1.54) is 0 Å². The molecule has 2 aliphatic rings. The van der Waals surface area contributed by atoms with E-state index in [2.05, 4.69) is 0 Å². The monoisotopic (exact) mass is 208 g/mol. The molecule has 3 rings (SSSR count). The molecule has 2 aliphatic heterocycles. The number of rotatable bonds is 0. The Hall–Kier alpha value is -1.29. The summed E-state index contributed by atoms with van der Waals surface area (Å²) in [4.78, 5) is 11.6. The van der Waals surface area contributed by atoms with E-state index in [-0.39, 0.29) is 11.9 Å². The van der Waals surface area contributed by atoms with Crippen LogP contribution in [0.1, 0.15) is 17.7 Å². The highest BCUT2D eigenvalue weighted by Gasteiger charge is 2.36. The van der Waals surface area contributed by atoms with Gasteiger partial charge in [0.2, 0.25) is 6.29 Å². The van der Waals surface area contributed by atoms with Crippen LogP contribution in [0.2, 0.25) is 0 Å². The van der Waals surface area contributed by atoms with E-state index in [0.29, 0.717) is 36.0 Å². The number of fused-ring (bicyclic) bond motifs is 2. The number of hydrogen-bond acceptors (Lipinski definition) is 4. The Morgan fingerprint density at radius 2 is 2.33 bits per heavy atom. The van der Waals surface area contributed by atoms with Crippen molar-refractivity contribution in [3.8, 4) is 5.75 Å². The molecule has 1 aromatic heterocycles. The fourth-order valence-corrected chi connectivity index (χ4v) is 2.22. The van der Waals surface area contributed by atoms with Crippen molar-refractivity contribution < 1.29 is 13.9 Å². The molecule has 0 amide bonds. The molecule has 2 atom stereocenters. The maximum absolute atomic E-state index is 11.6. The van der Waals surface area contributed by atoms with Crippen LogP contribution in [-0.4, -0.2) is 12.9 Å². The highest BCUT2D eigenvalue weighted by Crippen LogP contribution is 2.34. The van der Waals surface area contributed by atoms with Gasteiger partial charge in [-0.25, -0.2) is 4.79 Å². The lowest BCUT2D eigenvalue weighted by Gasteiger charge is -2.26. The van der Waals surface area contributed by atoms with Gasteiger partial charge in [0.05, 0.1) is 12.2 Å². The Bertz CT molecular complexity index is 448. The minimum Gasteiger partial charge on any atom is -0.464 e. The van der Waals surface area contributed by atoms with E-state index in [1.54, 1.807) is 13.0 Å². The largest absolute Gasteiger partial charge is 0.464 e. The van der Waals surface area contributed by atoms with Crippen molar-refractivity contribution in [2.45, 2.75) is 26.1 Å². The van der Waals surface area contributed by atoms with E-state index in [0.717, 1.165) is 6.42 Å². The van der Waals surface area contributed by atoms with Gasteiger partial charge in [-0.05, 0) is 19.8 Å². The van der Waals surface area contributed by atoms with Crippen LogP contribution in [0.25, 0.3) is 0 Å². The third-order valence-corrected chi connectivity index (χ3v) is 3.00. The van der Waals surface area contributed by atoms with E-state index in [4.69, 9.17) is 13.9 Å². The number of ether oxygens (including phenoxy) is 2. The molecule has 1 saturated heterocycles. The summed E-state index contributed by atoms with van der Waals surface area (Å²) in [5.74, 6) is 1.52. The second-order valence-corrected chi connectivity index (χ2v) is 4.10. The molecule has 1 fully saturated rings. The first-order valence-corrected chi connectivity index (χ1v) is 5.16. The van der Waals surface area contributed by atoms with E-state index < -0.39 is 0 Å². The van der Waals surface area contributed by atoms with Crippen molar-refractivity contribution in [3.63, 3.8) is 0 Å². The minimum absolute atomic E-state index is 0.168. The maximum Gasteiger partial charge on any atom is 0.342 e. The lowest BCUT2D eigenvalue weighted by atomic mass is 9.95. The van der Waals surface area contributed by atoms with Crippen molar-refractivity contribution in [3.05, 3.63) is 27.8 Å². The molecule has 1 aromatic rings. The molecule has 4 heteroatoms. The Balaban J connectivity index is 2.07. The molecule has 0 saturated carbocycles. The third kappa shape index (κ3) is 1.36. The highest BCUT2D eigenvalue weighted by molar-refractivity contribution is 5.33. The lowest BCUT2D eigenvalue weighted by molar-refractivity contribution is -0.0706. The van der Waals surface area contributed by atoms with Crippen LogP contribution in [0.5, 0.6) is 5.75 Å². The highest BCUT2D eigenvalue weighted by atomic mass is 16.7.